The predicted molar refractivity (Wildman–Crippen MR) is 115 cm³/mol. The molecular formula is C22H22N2O6S. The molecule has 0 unspecified atom stereocenters. The SMILES string of the molecule is COc1cc([C@@H]2c3cc4c(cc3C[C@H]3C(=O)N(C)C(=S)N23)OCO4)cc(OC)c1OC. The Bertz CT molecular complexity index is 1080. The van der Waals surface area contributed by atoms with Crippen LogP contribution in [0.4, 0.5) is 0 Å². The number of carbonyl (C=O) groups is 1. The average Bonchev–Trinajstić information content (AvgIpc) is 3.33. The van der Waals surface area contributed by atoms with Crippen LogP contribution in [-0.4, -0.2) is 62.0 Å². The highest BCUT2D eigenvalue weighted by Crippen LogP contribution is 2.49. The van der Waals surface area contributed by atoms with E-state index in [2.05, 4.69) is 0 Å². The van der Waals surface area contributed by atoms with E-state index in [-0.39, 0.29) is 18.7 Å². The van der Waals surface area contributed by atoms with Gasteiger partial charge in [0.2, 0.25) is 12.5 Å². The molecule has 1 saturated heterocycles. The predicted octanol–water partition coefficient (Wildman–Crippen LogP) is 2.51. The lowest BCUT2D eigenvalue weighted by molar-refractivity contribution is -0.127. The Hall–Kier alpha value is -3.20. The van der Waals surface area contributed by atoms with Gasteiger partial charge in [0.15, 0.2) is 28.1 Å². The third-order valence-electron chi connectivity index (χ3n) is 6.08. The number of fused-ring (bicyclic) bond motifs is 3. The zero-order valence-corrected chi connectivity index (χ0v) is 18.4. The van der Waals surface area contributed by atoms with Crippen molar-refractivity contribution in [2.75, 3.05) is 35.2 Å². The summed E-state index contributed by atoms with van der Waals surface area (Å²) in [6.45, 7) is 0.181. The van der Waals surface area contributed by atoms with Crippen LogP contribution < -0.4 is 23.7 Å². The fourth-order valence-corrected chi connectivity index (χ4v) is 4.93. The Morgan fingerprint density at radius 2 is 1.65 bits per heavy atom. The van der Waals surface area contributed by atoms with E-state index < -0.39 is 6.04 Å². The van der Waals surface area contributed by atoms with Crippen molar-refractivity contribution in [3.05, 3.63) is 41.0 Å². The quantitative estimate of drug-likeness (QED) is 0.669. The molecule has 2 atom stereocenters. The van der Waals surface area contributed by atoms with Crippen LogP contribution >= 0.6 is 12.2 Å². The number of carbonyl (C=O) groups excluding carboxylic acids is 1. The molecule has 0 spiro atoms. The number of ether oxygens (including phenoxy) is 5. The Labute approximate surface area is 185 Å². The van der Waals surface area contributed by atoms with Crippen LogP contribution in [0.3, 0.4) is 0 Å². The van der Waals surface area contributed by atoms with Gasteiger partial charge in [0.1, 0.15) is 6.04 Å². The van der Waals surface area contributed by atoms with Gasteiger partial charge in [-0.05, 0) is 53.2 Å². The summed E-state index contributed by atoms with van der Waals surface area (Å²) in [4.78, 5) is 16.5. The van der Waals surface area contributed by atoms with Gasteiger partial charge >= 0.3 is 0 Å². The molecule has 2 aromatic carbocycles. The maximum atomic E-state index is 13.0. The smallest absolute Gasteiger partial charge is 0.251 e. The zero-order valence-electron chi connectivity index (χ0n) is 17.6. The standard InChI is InChI=1S/C22H22N2O6S/c1-23-21(25)14-5-11-6-15-16(30-10-29-15)9-13(11)19(24(14)22(23)31)12-7-17(26-2)20(28-4)18(8-12)27-3/h6-9,14,19H,5,10H2,1-4H3/t14-,19+/m0/s1. The molecule has 9 heteroatoms. The van der Waals surface area contributed by atoms with Crippen LogP contribution in [0.25, 0.3) is 0 Å². The number of benzene rings is 2. The van der Waals surface area contributed by atoms with Crippen molar-refractivity contribution >= 4 is 23.2 Å². The summed E-state index contributed by atoms with van der Waals surface area (Å²) in [6, 6.07) is 7.01. The summed E-state index contributed by atoms with van der Waals surface area (Å²) in [7, 11) is 6.44. The summed E-state index contributed by atoms with van der Waals surface area (Å²) in [5.74, 6) is 2.92. The third-order valence-corrected chi connectivity index (χ3v) is 6.57. The van der Waals surface area contributed by atoms with E-state index in [4.69, 9.17) is 35.9 Å². The lowest BCUT2D eigenvalue weighted by Gasteiger charge is -2.39. The molecule has 0 bridgehead atoms. The van der Waals surface area contributed by atoms with Crippen molar-refractivity contribution in [2.45, 2.75) is 18.5 Å². The monoisotopic (exact) mass is 442 g/mol. The van der Waals surface area contributed by atoms with Crippen LogP contribution in [0, 0.1) is 0 Å². The van der Waals surface area contributed by atoms with Crippen molar-refractivity contribution in [2.24, 2.45) is 0 Å². The van der Waals surface area contributed by atoms with Gasteiger partial charge in [-0.3, -0.25) is 9.69 Å². The summed E-state index contributed by atoms with van der Waals surface area (Å²) in [5, 5.41) is 0.483. The van der Waals surface area contributed by atoms with Crippen LogP contribution in [-0.2, 0) is 11.2 Å². The molecule has 0 aliphatic carbocycles. The van der Waals surface area contributed by atoms with E-state index in [1.807, 2.05) is 29.2 Å². The number of nitrogens with zero attached hydrogens (tertiary/aromatic N) is 2. The van der Waals surface area contributed by atoms with Gasteiger partial charge in [0.05, 0.1) is 27.4 Å². The van der Waals surface area contributed by atoms with Crippen molar-refractivity contribution in [1.82, 2.24) is 9.80 Å². The largest absolute Gasteiger partial charge is 0.493 e. The summed E-state index contributed by atoms with van der Waals surface area (Å²) < 4.78 is 27.8. The Balaban J connectivity index is 1.74. The van der Waals surface area contributed by atoms with Gasteiger partial charge in [-0.1, -0.05) is 0 Å². The highest BCUT2D eigenvalue weighted by Gasteiger charge is 2.49. The van der Waals surface area contributed by atoms with Crippen molar-refractivity contribution in [3.8, 4) is 28.7 Å². The third kappa shape index (κ3) is 2.79. The van der Waals surface area contributed by atoms with Crippen LogP contribution in [0.5, 0.6) is 28.7 Å². The summed E-state index contributed by atoms with van der Waals surface area (Å²) in [6.07, 6.45) is 0.538. The number of rotatable bonds is 4. The van der Waals surface area contributed by atoms with Gasteiger partial charge in [0, 0.05) is 13.5 Å². The molecule has 3 aliphatic heterocycles. The lowest BCUT2D eigenvalue weighted by Crippen LogP contribution is -2.44. The van der Waals surface area contributed by atoms with Gasteiger partial charge < -0.3 is 28.6 Å². The molecule has 31 heavy (non-hydrogen) atoms. The first kappa shape index (κ1) is 19.7. The molecule has 8 nitrogen and oxygen atoms in total. The summed E-state index contributed by atoms with van der Waals surface area (Å²) in [5.41, 5.74) is 2.89. The van der Waals surface area contributed by atoms with Crippen molar-refractivity contribution in [3.63, 3.8) is 0 Å². The number of hydrogen-bond acceptors (Lipinski definition) is 7. The topological polar surface area (TPSA) is 69.7 Å². The second-order valence-electron chi connectivity index (χ2n) is 7.57. The minimum atomic E-state index is -0.394. The Morgan fingerprint density at radius 1 is 1.00 bits per heavy atom. The molecule has 0 aromatic heterocycles. The number of hydrogen-bond donors (Lipinski definition) is 0. The van der Waals surface area contributed by atoms with Crippen LogP contribution in [0.15, 0.2) is 24.3 Å². The molecule has 3 aliphatic rings. The second-order valence-corrected chi connectivity index (χ2v) is 7.94. The number of methoxy groups -OCH3 is 3. The first-order chi connectivity index (χ1) is 15.0. The van der Waals surface area contributed by atoms with E-state index in [1.165, 1.54) is 4.90 Å². The van der Waals surface area contributed by atoms with Gasteiger partial charge in [-0.2, -0.15) is 0 Å². The average molecular weight is 442 g/mol. The molecule has 0 radical (unpaired) electrons. The highest BCUT2D eigenvalue weighted by atomic mass is 32.1. The normalized spacial score (nSPS) is 21.2. The first-order valence-corrected chi connectivity index (χ1v) is 10.2. The van der Waals surface area contributed by atoms with Gasteiger partial charge in [-0.25, -0.2) is 0 Å². The van der Waals surface area contributed by atoms with E-state index in [0.29, 0.717) is 40.3 Å². The highest BCUT2D eigenvalue weighted by molar-refractivity contribution is 7.80. The lowest BCUT2D eigenvalue weighted by atomic mass is 9.84. The van der Waals surface area contributed by atoms with Crippen LogP contribution in [0.1, 0.15) is 22.7 Å². The second kappa shape index (κ2) is 7.19. The molecule has 1 amide bonds. The number of amides is 1. The van der Waals surface area contributed by atoms with E-state index in [1.54, 1.807) is 28.4 Å². The molecule has 0 saturated carbocycles. The van der Waals surface area contributed by atoms with Crippen molar-refractivity contribution < 1.29 is 28.5 Å². The first-order valence-electron chi connectivity index (χ1n) is 9.80. The molecule has 162 valence electrons. The number of likely N-dealkylation sites (N-methyl/N-ethyl adjacent to an activating group) is 1. The molecule has 0 N–H and O–H groups in total. The molecule has 3 heterocycles. The summed E-state index contributed by atoms with van der Waals surface area (Å²) >= 11 is 5.68. The fraction of sp³-hybridized carbons (Fsp3) is 0.364. The minimum absolute atomic E-state index is 0.0224. The van der Waals surface area contributed by atoms with E-state index >= 15 is 0 Å². The molecule has 2 aromatic rings. The minimum Gasteiger partial charge on any atom is -0.493 e. The van der Waals surface area contributed by atoms with Gasteiger partial charge in [-0.15, -0.1) is 0 Å². The maximum absolute atomic E-state index is 13.0. The van der Waals surface area contributed by atoms with E-state index in [0.717, 1.165) is 16.7 Å². The molecule has 5 rings (SSSR count). The van der Waals surface area contributed by atoms with E-state index in [9.17, 15) is 4.79 Å². The zero-order chi connectivity index (χ0) is 21.9. The van der Waals surface area contributed by atoms with Gasteiger partial charge in [0.25, 0.3) is 5.91 Å². The Morgan fingerprint density at radius 3 is 2.26 bits per heavy atom. The van der Waals surface area contributed by atoms with Crippen molar-refractivity contribution in [1.29, 1.82) is 0 Å². The molecular weight excluding hydrogens is 420 g/mol. The fourth-order valence-electron chi connectivity index (χ4n) is 4.61. The number of thiocarbonyl (C=S) groups is 1. The molecule has 1 fully saturated rings. The maximum Gasteiger partial charge on any atom is 0.251 e. The van der Waals surface area contributed by atoms with Crippen LogP contribution in [0.2, 0.25) is 0 Å². The Kier molecular flexibility index (Phi) is 4.58.